The van der Waals surface area contributed by atoms with Crippen molar-refractivity contribution in [2.45, 2.75) is 84.5 Å². The molecule has 3 aromatic heterocycles. The lowest BCUT2D eigenvalue weighted by atomic mass is 9.97. The third-order valence-electron chi connectivity index (χ3n) is 10.3. The molecule has 0 radical (unpaired) electrons. The van der Waals surface area contributed by atoms with E-state index in [1.807, 2.05) is 20.8 Å². The fourth-order valence-electron chi connectivity index (χ4n) is 7.25. The Hall–Kier alpha value is -4.60. The topological polar surface area (TPSA) is 118 Å². The molecule has 0 bridgehead atoms. The molecule has 298 valence electrons. The minimum atomic E-state index is -0.808. The zero-order valence-corrected chi connectivity index (χ0v) is 33.9. The Kier molecular flexibility index (Phi) is 10.7. The zero-order valence-electron chi connectivity index (χ0n) is 33.1. The second-order valence-corrected chi connectivity index (χ2v) is 17.9. The monoisotopic (exact) mass is 788 g/mol. The maximum absolute atomic E-state index is 16.2. The molecule has 3 aliphatic rings. The van der Waals surface area contributed by atoms with Crippen molar-refractivity contribution in [1.82, 2.24) is 33.6 Å². The number of hydrogen-bond donors (Lipinski definition) is 1. The van der Waals surface area contributed by atoms with Gasteiger partial charge in [0.1, 0.15) is 28.5 Å². The van der Waals surface area contributed by atoms with E-state index in [-0.39, 0.29) is 34.1 Å². The number of pyridine rings is 1. The van der Waals surface area contributed by atoms with E-state index in [0.717, 1.165) is 32.4 Å². The van der Waals surface area contributed by atoms with Gasteiger partial charge in [-0.1, -0.05) is 13.5 Å². The van der Waals surface area contributed by atoms with Crippen molar-refractivity contribution in [1.29, 1.82) is 0 Å². The van der Waals surface area contributed by atoms with Crippen LogP contribution in [0.15, 0.2) is 49.6 Å². The number of hydrogen-bond acceptors (Lipinski definition) is 11. The first-order valence-corrected chi connectivity index (χ1v) is 19.9. The first kappa shape index (κ1) is 39.6. The van der Waals surface area contributed by atoms with Gasteiger partial charge >= 0.3 is 12.2 Å². The molecule has 56 heavy (non-hydrogen) atoms. The minimum absolute atomic E-state index is 0.0451. The summed E-state index contributed by atoms with van der Waals surface area (Å²) >= 11 is 1.29. The van der Waals surface area contributed by atoms with Crippen molar-refractivity contribution in [3.63, 3.8) is 0 Å². The summed E-state index contributed by atoms with van der Waals surface area (Å²) in [6, 6.07) is 4.38. The number of piperazine rings is 1. The average Bonchev–Trinajstić information content (AvgIpc) is 3.70. The molecule has 1 aliphatic carbocycles. The van der Waals surface area contributed by atoms with Crippen LogP contribution in [0.25, 0.3) is 27.7 Å². The third-order valence-corrected chi connectivity index (χ3v) is 11.2. The van der Waals surface area contributed by atoms with E-state index in [2.05, 4.69) is 32.4 Å². The Morgan fingerprint density at radius 1 is 0.911 bits per heavy atom. The van der Waals surface area contributed by atoms with Gasteiger partial charge in [-0.05, 0) is 90.5 Å². The van der Waals surface area contributed by atoms with Crippen LogP contribution in [0, 0.1) is 17.6 Å². The summed E-state index contributed by atoms with van der Waals surface area (Å²) in [6.45, 7) is 21.4. The van der Waals surface area contributed by atoms with Gasteiger partial charge in [-0.2, -0.15) is 0 Å². The van der Waals surface area contributed by atoms with E-state index in [1.165, 1.54) is 35.0 Å². The summed E-state index contributed by atoms with van der Waals surface area (Å²) in [6.07, 6.45) is 8.45. The lowest BCUT2D eigenvalue weighted by Crippen LogP contribution is -2.53. The Labute approximate surface area is 330 Å². The molecule has 1 atom stereocenters. The normalized spacial score (nSPS) is 18.9. The molecule has 1 aromatic carbocycles. The molecule has 1 saturated carbocycles. The van der Waals surface area contributed by atoms with Crippen molar-refractivity contribution in [3.05, 3.63) is 78.2 Å². The predicted molar refractivity (Wildman–Crippen MR) is 214 cm³/mol. The van der Waals surface area contributed by atoms with Crippen LogP contribution in [0.5, 0.6) is 0 Å². The molecule has 5 heterocycles. The van der Waals surface area contributed by atoms with Gasteiger partial charge in [0.25, 0.3) is 0 Å². The van der Waals surface area contributed by atoms with Gasteiger partial charge in [0.15, 0.2) is 5.82 Å². The predicted octanol–water partition coefficient (Wildman–Crippen LogP) is 8.47. The molecule has 2 saturated heterocycles. The summed E-state index contributed by atoms with van der Waals surface area (Å²) in [5, 5.41) is 0.446. The first-order valence-electron chi connectivity index (χ1n) is 19.1. The molecule has 15 heteroatoms. The van der Waals surface area contributed by atoms with Crippen molar-refractivity contribution < 1.29 is 27.8 Å². The molecule has 1 unspecified atom stereocenters. The van der Waals surface area contributed by atoms with Crippen LogP contribution >= 0.6 is 12.1 Å². The second kappa shape index (κ2) is 15.1. The standard InChI is InChI=1S/C41H50F2N8O4S/c1-25-11-14-50(23-25)56-47-32-10-9-31(42)33(34(32)43)26(2)30-24-51(38(53)55-40(6,7)8)35-29(30)19-27(20-44-35)28-21-45-36(46-22-28)41(12-13-41)49-17-15-48(16-18-49)37(52)54-39(3,4)5/h9-10,19-22,24-25,47H,2,11-18,23H2,1,3-8H3. The van der Waals surface area contributed by atoms with Crippen molar-refractivity contribution in [3.8, 4) is 11.1 Å². The highest BCUT2D eigenvalue weighted by Gasteiger charge is 2.52. The van der Waals surface area contributed by atoms with Gasteiger partial charge in [-0.25, -0.2) is 42.2 Å². The number of rotatable bonds is 8. The summed E-state index contributed by atoms with van der Waals surface area (Å²) in [7, 11) is 0. The van der Waals surface area contributed by atoms with Crippen LogP contribution in [0.3, 0.4) is 0 Å². The first-order chi connectivity index (χ1) is 26.4. The maximum atomic E-state index is 16.2. The Bertz CT molecular complexity index is 2150. The van der Waals surface area contributed by atoms with Gasteiger partial charge in [0, 0.05) is 98.3 Å². The quantitative estimate of drug-likeness (QED) is 0.173. The average molecular weight is 789 g/mol. The van der Waals surface area contributed by atoms with E-state index >= 15 is 8.78 Å². The van der Waals surface area contributed by atoms with Crippen LogP contribution in [0.4, 0.5) is 24.1 Å². The van der Waals surface area contributed by atoms with Crippen molar-refractivity contribution in [2.75, 3.05) is 44.0 Å². The minimum Gasteiger partial charge on any atom is -0.444 e. The number of amides is 1. The maximum Gasteiger partial charge on any atom is 0.420 e. The molecule has 1 N–H and O–H groups in total. The van der Waals surface area contributed by atoms with Crippen LogP contribution in [-0.4, -0.2) is 96.3 Å². The molecule has 4 aromatic rings. The van der Waals surface area contributed by atoms with Gasteiger partial charge in [-0.3, -0.25) is 4.90 Å². The molecule has 0 spiro atoms. The van der Waals surface area contributed by atoms with Gasteiger partial charge < -0.3 is 19.1 Å². The number of benzene rings is 1. The van der Waals surface area contributed by atoms with Crippen LogP contribution < -0.4 is 4.72 Å². The highest BCUT2D eigenvalue weighted by molar-refractivity contribution is 7.98. The summed E-state index contributed by atoms with van der Waals surface area (Å²) < 4.78 is 49.4. The summed E-state index contributed by atoms with van der Waals surface area (Å²) in [4.78, 5) is 44.5. The fraction of sp³-hybridized carbons (Fsp3) is 0.488. The SMILES string of the molecule is C=C(c1c(F)ccc(NSN2CCC(C)C2)c1F)c1cn(C(=O)OC(C)(C)C)c2ncc(-c3cnc(C4(N5CCN(C(=O)OC(C)(C)C)CC5)CC4)nc3)cc12. The number of nitrogens with one attached hydrogen (secondary N) is 1. The number of carbonyl (C=O) groups excluding carboxylic acids is 2. The highest BCUT2D eigenvalue weighted by Crippen LogP contribution is 2.50. The Balaban J connectivity index is 1.16. The van der Waals surface area contributed by atoms with E-state index in [9.17, 15) is 9.59 Å². The number of halogens is 2. The number of anilines is 1. The van der Waals surface area contributed by atoms with Gasteiger partial charge in [0.2, 0.25) is 0 Å². The smallest absolute Gasteiger partial charge is 0.420 e. The Morgan fingerprint density at radius 2 is 1.55 bits per heavy atom. The lowest BCUT2D eigenvalue weighted by molar-refractivity contribution is 0.00754. The molecule has 3 fully saturated rings. The number of fused-ring (bicyclic) bond motifs is 1. The number of nitrogens with zero attached hydrogens (tertiary/aromatic N) is 7. The zero-order chi connectivity index (χ0) is 40.2. The molecule has 2 aliphatic heterocycles. The van der Waals surface area contributed by atoms with Gasteiger partial charge in [0.05, 0.1) is 16.8 Å². The molecule has 1 amide bonds. The van der Waals surface area contributed by atoms with Crippen molar-refractivity contribution >= 4 is 46.6 Å². The fourth-order valence-corrected chi connectivity index (χ4v) is 8.16. The van der Waals surface area contributed by atoms with Gasteiger partial charge in [-0.15, -0.1) is 0 Å². The Morgan fingerprint density at radius 3 is 2.16 bits per heavy atom. The largest absolute Gasteiger partial charge is 0.444 e. The van der Waals surface area contributed by atoms with Crippen LogP contribution in [0.1, 0.15) is 84.7 Å². The van der Waals surface area contributed by atoms with E-state index in [0.29, 0.717) is 60.0 Å². The van der Waals surface area contributed by atoms with E-state index in [1.54, 1.807) is 50.3 Å². The van der Waals surface area contributed by atoms with Crippen molar-refractivity contribution in [2.24, 2.45) is 5.92 Å². The summed E-state index contributed by atoms with van der Waals surface area (Å²) in [5.74, 6) is -0.327. The molecule has 7 rings (SSSR count). The number of aromatic nitrogens is 4. The molecule has 12 nitrogen and oxygen atoms in total. The molecular formula is C41H50F2N8O4S. The second-order valence-electron chi connectivity index (χ2n) is 17.0. The van der Waals surface area contributed by atoms with E-state index < -0.39 is 28.9 Å². The third kappa shape index (κ3) is 8.25. The lowest BCUT2D eigenvalue weighted by Gasteiger charge is -2.39. The molecular weight excluding hydrogens is 739 g/mol. The number of ether oxygens (including phenoxy) is 2. The van der Waals surface area contributed by atoms with E-state index in [4.69, 9.17) is 19.4 Å². The van der Waals surface area contributed by atoms with Crippen LogP contribution in [0.2, 0.25) is 0 Å². The highest BCUT2D eigenvalue weighted by atomic mass is 32.2. The number of carbonyl (C=O) groups is 2. The van der Waals surface area contributed by atoms with Crippen LogP contribution in [-0.2, 0) is 15.0 Å². The summed E-state index contributed by atoms with van der Waals surface area (Å²) in [5.41, 5.74) is 0.0784.